The Morgan fingerprint density at radius 3 is 2.50 bits per heavy atom. The monoisotopic (exact) mass is 506 g/mol. The van der Waals surface area contributed by atoms with Gasteiger partial charge in [0.05, 0.1) is 24.7 Å². The summed E-state index contributed by atoms with van der Waals surface area (Å²) in [6.07, 6.45) is 2.97. The molecule has 1 aliphatic carbocycles. The topological polar surface area (TPSA) is 77.8 Å². The maximum absolute atomic E-state index is 12.9. The Morgan fingerprint density at radius 1 is 1.18 bits per heavy atom. The van der Waals surface area contributed by atoms with E-state index >= 15 is 0 Å². The van der Waals surface area contributed by atoms with Gasteiger partial charge < -0.3 is 14.0 Å². The van der Waals surface area contributed by atoms with Crippen LogP contribution in [-0.4, -0.2) is 56.2 Å². The molecule has 2 aliphatic rings. The molecular formula is C25H34N2O5S2. The Labute approximate surface area is 206 Å². The highest BCUT2D eigenvalue weighted by Crippen LogP contribution is 2.44. The lowest BCUT2D eigenvalue weighted by Crippen LogP contribution is -2.40. The van der Waals surface area contributed by atoms with E-state index < -0.39 is 10.0 Å². The number of hydrogen-bond acceptors (Lipinski definition) is 6. The van der Waals surface area contributed by atoms with Crippen molar-refractivity contribution in [1.29, 1.82) is 0 Å². The first kappa shape index (κ1) is 25.3. The number of nitrogens with zero attached hydrogens (tertiary/aromatic N) is 2. The van der Waals surface area contributed by atoms with Crippen LogP contribution in [0.4, 0.5) is 0 Å². The zero-order valence-electron chi connectivity index (χ0n) is 20.4. The van der Waals surface area contributed by atoms with Gasteiger partial charge in [0.1, 0.15) is 6.54 Å². The van der Waals surface area contributed by atoms with E-state index in [-0.39, 0.29) is 17.9 Å². The van der Waals surface area contributed by atoms with Crippen LogP contribution in [0.5, 0.6) is 0 Å². The van der Waals surface area contributed by atoms with Crippen LogP contribution >= 0.6 is 11.8 Å². The minimum atomic E-state index is -3.51. The fourth-order valence-corrected chi connectivity index (χ4v) is 7.24. The largest absolute Gasteiger partial charge is 0.465 e. The minimum Gasteiger partial charge on any atom is -0.465 e. The predicted molar refractivity (Wildman–Crippen MR) is 132 cm³/mol. The summed E-state index contributed by atoms with van der Waals surface area (Å²) in [7, 11) is -3.51. The van der Waals surface area contributed by atoms with Gasteiger partial charge in [0.25, 0.3) is 0 Å². The molecule has 1 aromatic carbocycles. The van der Waals surface area contributed by atoms with E-state index in [9.17, 15) is 13.2 Å². The molecule has 1 aromatic heterocycles. The third-order valence-electron chi connectivity index (χ3n) is 6.62. The van der Waals surface area contributed by atoms with Gasteiger partial charge in [-0.3, -0.25) is 4.79 Å². The summed E-state index contributed by atoms with van der Waals surface area (Å²) in [5.41, 5.74) is 3.76. The molecule has 1 fully saturated rings. The molecule has 7 nitrogen and oxygen atoms in total. The summed E-state index contributed by atoms with van der Waals surface area (Å²) in [4.78, 5) is 14.8. The highest BCUT2D eigenvalue weighted by Gasteiger charge is 2.32. The summed E-state index contributed by atoms with van der Waals surface area (Å²) >= 11 is 1.64. The number of hydrogen-bond donors (Lipinski definition) is 0. The van der Waals surface area contributed by atoms with Gasteiger partial charge in [-0.1, -0.05) is 25.6 Å². The van der Waals surface area contributed by atoms with Crippen molar-refractivity contribution in [3.05, 3.63) is 41.2 Å². The van der Waals surface area contributed by atoms with Crippen LogP contribution in [0, 0.1) is 12.3 Å². The summed E-state index contributed by atoms with van der Waals surface area (Å²) in [6, 6.07) is 7.12. The van der Waals surface area contributed by atoms with Gasteiger partial charge >= 0.3 is 5.97 Å². The second kappa shape index (κ2) is 10.0. The minimum absolute atomic E-state index is 0.182. The number of morpholine rings is 1. The van der Waals surface area contributed by atoms with Crippen LogP contribution in [0.15, 0.2) is 39.0 Å². The van der Waals surface area contributed by atoms with Crippen LogP contribution in [0.1, 0.15) is 44.1 Å². The van der Waals surface area contributed by atoms with E-state index in [2.05, 4.69) is 25.3 Å². The van der Waals surface area contributed by atoms with Crippen LogP contribution in [0.3, 0.4) is 0 Å². The van der Waals surface area contributed by atoms with Gasteiger partial charge in [0.2, 0.25) is 10.0 Å². The Hall–Kier alpha value is -1.81. The summed E-state index contributed by atoms with van der Waals surface area (Å²) in [6.45, 7) is 10.6. The maximum Gasteiger partial charge on any atom is 0.325 e. The van der Waals surface area contributed by atoms with Gasteiger partial charge in [0.15, 0.2) is 0 Å². The van der Waals surface area contributed by atoms with Crippen LogP contribution in [0.2, 0.25) is 0 Å². The first-order valence-electron chi connectivity index (χ1n) is 11.8. The third-order valence-corrected chi connectivity index (χ3v) is 9.79. The van der Waals surface area contributed by atoms with Gasteiger partial charge in [0, 0.05) is 34.3 Å². The Morgan fingerprint density at radius 2 is 1.85 bits per heavy atom. The summed E-state index contributed by atoms with van der Waals surface area (Å²) < 4.78 is 40.0. The number of ether oxygens (including phenoxy) is 2. The van der Waals surface area contributed by atoms with E-state index in [4.69, 9.17) is 9.47 Å². The van der Waals surface area contributed by atoms with E-state index in [1.807, 2.05) is 19.1 Å². The van der Waals surface area contributed by atoms with Gasteiger partial charge in [-0.2, -0.15) is 4.31 Å². The molecule has 9 heteroatoms. The molecule has 2 heterocycles. The first-order valence-corrected chi connectivity index (χ1v) is 14.1. The quantitative estimate of drug-likeness (QED) is 0.528. The summed E-state index contributed by atoms with van der Waals surface area (Å²) in [5, 5.41) is 0. The normalized spacial score (nSPS) is 18.5. The van der Waals surface area contributed by atoms with Crippen molar-refractivity contribution in [2.45, 2.75) is 68.2 Å². The number of carbonyl (C=O) groups is 1. The zero-order valence-corrected chi connectivity index (χ0v) is 22.1. The molecule has 0 radical (unpaired) electrons. The third kappa shape index (κ3) is 5.22. The van der Waals surface area contributed by atoms with Crippen LogP contribution in [-0.2, 0) is 43.7 Å². The number of rotatable bonds is 7. The average Bonchev–Trinajstić information content (AvgIpc) is 3.04. The number of carbonyl (C=O) groups excluding carboxylic acids is 1. The van der Waals surface area contributed by atoms with E-state index in [0.29, 0.717) is 37.8 Å². The highest BCUT2D eigenvalue weighted by atomic mass is 32.2. The molecule has 0 unspecified atom stereocenters. The fraction of sp³-hybridized carbons (Fsp3) is 0.560. The molecule has 0 spiro atoms. The predicted octanol–water partition coefficient (Wildman–Crippen LogP) is 4.05. The van der Waals surface area contributed by atoms with Gasteiger partial charge in [-0.15, -0.1) is 0 Å². The van der Waals surface area contributed by atoms with E-state index in [1.54, 1.807) is 23.9 Å². The van der Waals surface area contributed by atoms with Gasteiger partial charge in [-0.25, -0.2) is 8.42 Å². The van der Waals surface area contributed by atoms with Crippen molar-refractivity contribution in [2.24, 2.45) is 5.41 Å². The number of benzene rings is 1. The van der Waals surface area contributed by atoms with Crippen molar-refractivity contribution < 1.29 is 22.7 Å². The number of esters is 1. The molecule has 1 saturated heterocycles. The number of sulfonamides is 1. The van der Waals surface area contributed by atoms with Crippen molar-refractivity contribution in [3.8, 4) is 0 Å². The molecule has 0 atom stereocenters. The molecule has 0 amide bonds. The molecule has 0 bridgehead atoms. The van der Waals surface area contributed by atoms with Crippen molar-refractivity contribution in [2.75, 3.05) is 32.9 Å². The molecule has 2 aromatic rings. The molecule has 34 heavy (non-hydrogen) atoms. The Balaban J connectivity index is 1.61. The number of fused-ring (bicyclic) bond motifs is 1. The number of aromatic nitrogens is 1. The molecule has 0 N–H and O–H groups in total. The Kier molecular flexibility index (Phi) is 7.47. The second-order valence-electron chi connectivity index (χ2n) is 9.66. The smallest absolute Gasteiger partial charge is 0.325 e. The summed E-state index contributed by atoms with van der Waals surface area (Å²) in [5.74, 6) is -0.221. The molecular weight excluding hydrogens is 472 g/mol. The van der Waals surface area contributed by atoms with E-state index in [1.165, 1.54) is 20.5 Å². The van der Waals surface area contributed by atoms with Gasteiger partial charge in [-0.05, 0) is 68.4 Å². The standard InChI is InChI=1S/C25H34N2O5S2/c1-5-32-23(28)17-27-18(2)24(21-10-11-25(3,4)16-22(21)27)33-19-6-8-20(9-7-19)34(29,30)26-12-14-31-15-13-26/h6-9H,5,10-17H2,1-4H3. The van der Waals surface area contributed by atoms with Crippen molar-refractivity contribution in [1.82, 2.24) is 8.87 Å². The maximum atomic E-state index is 12.9. The molecule has 1 aliphatic heterocycles. The first-order chi connectivity index (χ1) is 16.1. The van der Waals surface area contributed by atoms with E-state index in [0.717, 1.165) is 29.9 Å². The Bertz CT molecular complexity index is 1150. The SMILES string of the molecule is CCOC(=O)Cn1c(C)c(Sc2ccc(S(=O)(=O)N3CCOCC3)cc2)c2c1CC(C)(C)CC2. The highest BCUT2D eigenvalue weighted by molar-refractivity contribution is 7.99. The van der Waals surface area contributed by atoms with Crippen LogP contribution in [0.25, 0.3) is 0 Å². The van der Waals surface area contributed by atoms with Crippen LogP contribution < -0.4 is 0 Å². The lowest BCUT2D eigenvalue weighted by molar-refractivity contribution is -0.143. The average molecular weight is 507 g/mol. The lowest BCUT2D eigenvalue weighted by Gasteiger charge is -2.31. The fourth-order valence-electron chi connectivity index (χ4n) is 4.72. The molecule has 0 saturated carbocycles. The lowest BCUT2D eigenvalue weighted by atomic mass is 9.77. The van der Waals surface area contributed by atoms with Crippen molar-refractivity contribution >= 4 is 27.8 Å². The zero-order chi connectivity index (χ0) is 24.5. The second-order valence-corrected chi connectivity index (χ2v) is 12.7. The molecule has 186 valence electrons. The molecule has 4 rings (SSSR count). The van der Waals surface area contributed by atoms with Crippen molar-refractivity contribution in [3.63, 3.8) is 0 Å².